The molecule has 1 heterocycles. The molecule has 0 aromatic rings. The Morgan fingerprint density at radius 1 is 1.11 bits per heavy atom. The van der Waals surface area contributed by atoms with E-state index in [0.717, 1.165) is 0 Å². The van der Waals surface area contributed by atoms with Crippen LogP contribution in [0.4, 0.5) is 0 Å². The van der Waals surface area contributed by atoms with Crippen LogP contribution in [0.25, 0.3) is 0 Å². The van der Waals surface area contributed by atoms with Gasteiger partial charge in [0.15, 0.2) is 5.78 Å². The summed E-state index contributed by atoms with van der Waals surface area (Å²) < 4.78 is 5.65. The summed E-state index contributed by atoms with van der Waals surface area (Å²) in [6, 6.07) is 0. The molecule has 2 saturated carbocycles. The van der Waals surface area contributed by atoms with E-state index >= 15 is 0 Å². The Balaban J connectivity index is 2.01. The number of ketones is 1. The average Bonchev–Trinajstić information content (AvgIpc) is 2.60. The first-order valence-corrected chi connectivity index (χ1v) is 10.4. The molecule has 4 N–H and O–H groups in total. The average molecular weight is 395 g/mol. The minimum atomic E-state index is -1.42. The number of rotatable bonds is 0. The maximum absolute atomic E-state index is 13.8. The molecule has 6 heteroatoms. The molecule has 4 rings (SSSR count). The Kier molecular flexibility index (Phi) is 4.15. The van der Waals surface area contributed by atoms with Crippen molar-refractivity contribution in [3.05, 3.63) is 11.1 Å². The molecule has 158 valence electrons. The first-order valence-electron chi connectivity index (χ1n) is 10.4. The van der Waals surface area contributed by atoms with Gasteiger partial charge in [0.25, 0.3) is 0 Å². The van der Waals surface area contributed by atoms with Gasteiger partial charge in [0, 0.05) is 23.2 Å². The Morgan fingerprint density at radius 2 is 1.71 bits per heavy atom. The maximum atomic E-state index is 13.8. The second-order valence-electron chi connectivity index (χ2n) is 10.6. The molecule has 3 aliphatic carbocycles. The van der Waals surface area contributed by atoms with Crippen molar-refractivity contribution < 1.29 is 30.0 Å². The van der Waals surface area contributed by atoms with E-state index in [4.69, 9.17) is 4.74 Å². The van der Waals surface area contributed by atoms with Crippen LogP contribution in [-0.2, 0) is 9.53 Å². The third kappa shape index (κ3) is 2.04. The highest BCUT2D eigenvalue weighted by Crippen LogP contribution is 2.65. The molecule has 9 atom stereocenters. The predicted octanol–water partition coefficient (Wildman–Crippen LogP) is 1.20. The minimum absolute atomic E-state index is 0.111. The summed E-state index contributed by atoms with van der Waals surface area (Å²) in [4.78, 5) is 13.8. The van der Waals surface area contributed by atoms with Crippen LogP contribution in [0.1, 0.15) is 54.4 Å². The molecule has 7 unspecified atom stereocenters. The van der Waals surface area contributed by atoms with E-state index in [1.165, 1.54) is 0 Å². The topological polar surface area (TPSA) is 107 Å². The van der Waals surface area contributed by atoms with Gasteiger partial charge in [-0.05, 0) is 36.3 Å². The molecule has 2 bridgehead atoms. The van der Waals surface area contributed by atoms with Crippen molar-refractivity contribution in [1.82, 2.24) is 0 Å². The fourth-order valence-corrected chi connectivity index (χ4v) is 7.30. The molecule has 1 aliphatic heterocycles. The van der Waals surface area contributed by atoms with Crippen molar-refractivity contribution >= 4 is 5.78 Å². The van der Waals surface area contributed by atoms with Crippen molar-refractivity contribution in [2.75, 3.05) is 6.61 Å². The quantitative estimate of drug-likeness (QED) is 0.460. The summed E-state index contributed by atoms with van der Waals surface area (Å²) >= 11 is 0. The summed E-state index contributed by atoms with van der Waals surface area (Å²) in [5, 5.41) is 45.5. The molecule has 0 aromatic carbocycles. The molecule has 0 amide bonds. The lowest BCUT2D eigenvalue weighted by atomic mass is 9.41. The normalized spacial score (nSPS) is 55.6. The van der Waals surface area contributed by atoms with Crippen LogP contribution in [0.5, 0.6) is 0 Å². The van der Waals surface area contributed by atoms with Gasteiger partial charge in [0.2, 0.25) is 0 Å². The minimum Gasteiger partial charge on any atom is -0.389 e. The molecule has 0 radical (unpaired) electrons. The monoisotopic (exact) mass is 394 g/mol. The van der Waals surface area contributed by atoms with Gasteiger partial charge in [-0.2, -0.15) is 0 Å². The molecule has 28 heavy (non-hydrogen) atoms. The number of aliphatic hydroxyl groups is 4. The number of Topliss-reactive ketones (excluding diaryl/α,β-unsaturated/α-hetero) is 1. The Morgan fingerprint density at radius 3 is 2.25 bits per heavy atom. The molecule has 4 aliphatic rings. The van der Waals surface area contributed by atoms with Crippen LogP contribution >= 0.6 is 0 Å². The van der Waals surface area contributed by atoms with E-state index in [-0.39, 0.29) is 30.8 Å². The zero-order valence-electron chi connectivity index (χ0n) is 17.7. The summed E-state index contributed by atoms with van der Waals surface area (Å²) in [7, 11) is 0. The highest BCUT2D eigenvalue weighted by atomic mass is 16.6. The van der Waals surface area contributed by atoms with Crippen molar-refractivity contribution in [2.45, 2.75) is 83.9 Å². The van der Waals surface area contributed by atoms with E-state index < -0.39 is 46.1 Å². The van der Waals surface area contributed by atoms with Crippen LogP contribution < -0.4 is 0 Å². The van der Waals surface area contributed by atoms with E-state index in [9.17, 15) is 25.2 Å². The lowest BCUT2D eigenvalue weighted by Gasteiger charge is -2.67. The van der Waals surface area contributed by atoms with E-state index in [1.807, 2.05) is 34.6 Å². The maximum Gasteiger partial charge on any atom is 0.172 e. The number of aliphatic hydroxyl groups excluding tert-OH is 2. The highest BCUT2D eigenvalue weighted by Gasteiger charge is 2.73. The summed E-state index contributed by atoms with van der Waals surface area (Å²) in [5.41, 5.74) is -3.55. The number of carbonyl (C=O) groups is 1. The van der Waals surface area contributed by atoms with Crippen molar-refractivity contribution in [3.63, 3.8) is 0 Å². The molecule has 1 saturated heterocycles. The first kappa shape index (κ1) is 20.5. The zero-order chi connectivity index (χ0) is 21.0. The van der Waals surface area contributed by atoms with Gasteiger partial charge >= 0.3 is 0 Å². The Labute approximate surface area is 166 Å². The number of carbonyl (C=O) groups excluding carboxylic acids is 1. The van der Waals surface area contributed by atoms with Crippen LogP contribution in [0.15, 0.2) is 11.1 Å². The van der Waals surface area contributed by atoms with E-state index in [0.29, 0.717) is 17.6 Å². The van der Waals surface area contributed by atoms with Crippen LogP contribution in [0, 0.1) is 28.6 Å². The summed E-state index contributed by atoms with van der Waals surface area (Å²) in [6.07, 6.45) is -2.08. The fraction of sp³-hybridized carbons (Fsp3) is 0.864. The lowest BCUT2D eigenvalue weighted by Crippen LogP contribution is -2.77. The largest absolute Gasteiger partial charge is 0.389 e. The zero-order valence-corrected chi connectivity index (χ0v) is 17.7. The van der Waals surface area contributed by atoms with E-state index in [1.54, 1.807) is 6.92 Å². The number of hydrogen-bond donors (Lipinski definition) is 4. The third-order valence-corrected chi connectivity index (χ3v) is 9.34. The molecule has 0 spiro atoms. The third-order valence-electron chi connectivity index (χ3n) is 9.34. The summed E-state index contributed by atoms with van der Waals surface area (Å²) in [5.74, 6) is -1.51. The van der Waals surface area contributed by atoms with Gasteiger partial charge in [0.05, 0.1) is 24.4 Å². The fourth-order valence-electron chi connectivity index (χ4n) is 7.30. The summed E-state index contributed by atoms with van der Waals surface area (Å²) in [6.45, 7) is 11.2. The first-order chi connectivity index (χ1) is 12.7. The molecule has 3 fully saturated rings. The second-order valence-corrected chi connectivity index (χ2v) is 10.6. The smallest absolute Gasteiger partial charge is 0.172 e. The molecular weight excluding hydrogens is 360 g/mol. The highest BCUT2D eigenvalue weighted by molar-refractivity contribution is 5.93. The predicted molar refractivity (Wildman–Crippen MR) is 102 cm³/mol. The lowest BCUT2D eigenvalue weighted by molar-refractivity contribution is -0.329. The van der Waals surface area contributed by atoms with Gasteiger partial charge < -0.3 is 25.2 Å². The van der Waals surface area contributed by atoms with Crippen LogP contribution in [0.2, 0.25) is 0 Å². The Bertz CT molecular complexity index is 758. The van der Waals surface area contributed by atoms with Crippen molar-refractivity contribution in [3.8, 4) is 0 Å². The number of fused-ring (bicyclic) bond motifs is 5. The van der Waals surface area contributed by atoms with Gasteiger partial charge in [-0.15, -0.1) is 0 Å². The molecule has 0 aromatic heterocycles. The van der Waals surface area contributed by atoms with E-state index in [2.05, 4.69) is 0 Å². The second kappa shape index (κ2) is 5.67. The van der Waals surface area contributed by atoms with Gasteiger partial charge in [-0.3, -0.25) is 4.79 Å². The Hall–Kier alpha value is -0.790. The molecular formula is C22H34O6. The van der Waals surface area contributed by atoms with Gasteiger partial charge in [-0.1, -0.05) is 34.6 Å². The number of hydrogen-bond acceptors (Lipinski definition) is 6. The van der Waals surface area contributed by atoms with Gasteiger partial charge in [0.1, 0.15) is 11.7 Å². The van der Waals surface area contributed by atoms with Crippen LogP contribution in [0.3, 0.4) is 0 Å². The standard InChI is InChI=1S/C22H34O6/c1-10-7-14-21(26,9-28-14)17-12(3)22(27)8-13(23)11(2)15(19(22,4)5)16(24)18(25)20(10,17)6/h10,12-14,16-17,23-24,26-27H,7-9H2,1-6H3/t10-,12?,13?,14?,16?,17?,20+,21?,22?/m0/s1. The molecule has 6 nitrogen and oxygen atoms in total. The van der Waals surface area contributed by atoms with Gasteiger partial charge in [-0.25, -0.2) is 0 Å². The van der Waals surface area contributed by atoms with Crippen molar-refractivity contribution in [1.29, 1.82) is 0 Å². The number of ether oxygens (including phenoxy) is 1. The van der Waals surface area contributed by atoms with Crippen LogP contribution in [-0.4, -0.2) is 62.3 Å². The van der Waals surface area contributed by atoms with Crippen molar-refractivity contribution in [2.24, 2.45) is 28.6 Å². The SMILES string of the molecule is CC1=C2C(O)C(=O)[C@@]3(C)C(C(C)C(O)(CC1O)C2(C)C)C1(O)COC1C[C@@H]3C.